The Kier molecular flexibility index (Phi) is 3.47. The summed E-state index contributed by atoms with van der Waals surface area (Å²) in [5, 5.41) is 0. The highest BCUT2D eigenvalue weighted by Crippen LogP contribution is 2.43. The van der Waals surface area contributed by atoms with E-state index < -0.39 is 5.60 Å². The number of benzene rings is 1. The number of piperidine rings is 1. The highest BCUT2D eigenvalue weighted by atomic mass is 16.6. The normalized spacial score (nSPS) is 19.8. The van der Waals surface area contributed by atoms with Gasteiger partial charge in [0.1, 0.15) is 5.60 Å². The number of nitrogens with zero attached hydrogens (tertiary/aromatic N) is 1. The van der Waals surface area contributed by atoms with Crippen LogP contribution in [0.1, 0.15) is 49.0 Å². The van der Waals surface area contributed by atoms with Crippen LogP contribution >= 0.6 is 0 Å². The summed E-state index contributed by atoms with van der Waals surface area (Å²) < 4.78 is 5.69. The standard InChI is InChI=1S/C17H21NO3/c1-12(2)11-15(19)18-9-7-17(8-10-18)14-6-4-3-5-13(14)16(20)21-17/h3-6,12H,7-11H2,1-2H3. The minimum atomic E-state index is -0.512. The zero-order chi connectivity index (χ0) is 15.0. The van der Waals surface area contributed by atoms with E-state index in [0.717, 1.165) is 5.56 Å². The lowest BCUT2D eigenvalue weighted by molar-refractivity contribution is -0.136. The van der Waals surface area contributed by atoms with Crippen LogP contribution in [0.25, 0.3) is 0 Å². The van der Waals surface area contributed by atoms with Crippen LogP contribution in [0, 0.1) is 5.92 Å². The third-order valence-corrected chi connectivity index (χ3v) is 4.43. The van der Waals surface area contributed by atoms with Crippen molar-refractivity contribution in [1.82, 2.24) is 4.90 Å². The molecule has 0 aromatic heterocycles. The summed E-state index contributed by atoms with van der Waals surface area (Å²) >= 11 is 0. The number of hydrogen-bond donors (Lipinski definition) is 0. The third kappa shape index (κ3) is 2.43. The highest BCUT2D eigenvalue weighted by molar-refractivity contribution is 5.94. The maximum Gasteiger partial charge on any atom is 0.339 e. The van der Waals surface area contributed by atoms with Crippen molar-refractivity contribution in [1.29, 1.82) is 0 Å². The molecule has 1 aromatic carbocycles. The molecular formula is C17H21NO3. The number of fused-ring (bicyclic) bond motifs is 2. The minimum Gasteiger partial charge on any atom is -0.450 e. The average molecular weight is 287 g/mol. The summed E-state index contributed by atoms with van der Waals surface area (Å²) in [6.07, 6.45) is 1.97. The Bertz CT molecular complexity index is 571. The second-order valence-electron chi connectivity index (χ2n) is 6.41. The van der Waals surface area contributed by atoms with E-state index in [0.29, 0.717) is 43.8 Å². The second-order valence-corrected chi connectivity index (χ2v) is 6.41. The molecule has 1 spiro atoms. The van der Waals surface area contributed by atoms with Crippen LogP contribution in [0.15, 0.2) is 24.3 Å². The van der Waals surface area contributed by atoms with Crippen molar-refractivity contribution in [2.45, 2.75) is 38.7 Å². The number of amides is 1. The molecule has 1 fully saturated rings. The first-order valence-electron chi connectivity index (χ1n) is 7.62. The van der Waals surface area contributed by atoms with Gasteiger partial charge >= 0.3 is 5.97 Å². The third-order valence-electron chi connectivity index (χ3n) is 4.43. The van der Waals surface area contributed by atoms with Crippen molar-refractivity contribution < 1.29 is 14.3 Å². The molecule has 0 radical (unpaired) electrons. The lowest BCUT2D eigenvalue weighted by Crippen LogP contribution is -2.45. The molecule has 0 aliphatic carbocycles. The molecule has 0 N–H and O–H groups in total. The fraction of sp³-hybridized carbons (Fsp3) is 0.529. The molecule has 112 valence electrons. The zero-order valence-corrected chi connectivity index (χ0v) is 12.6. The van der Waals surface area contributed by atoms with Crippen LogP contribution in [0.4, 0.5) is 0 Å². The number of rotatable bonds is 2. The molecule has 21 heavy (non-hydrogen) atoms. The Balaban J connectivity index is 1.74. The van der Waals surface area contributed by atoms with E-state index in [1.807, 2.05) is 29.2 Å². The number of esters is 1. The summed E-state index contributed by atoms with van der Waals surface area (Å²) in [4.78, 5) is 26.0. The Morgan fingerprint density at radius 1 is 1.29 bits per heavy atom. The van der Waals surface area contributed by atoms with Crippen molar-refractivity contribution in [2.24, 2.45) is 5.92 Å². The zero-order valence-electron chi connectivity index (χ0n) is 12.6. The first-order valence-corrected chi connectivity index (χ1v) is 7.62. The summed E-state index contributed by atoms with van der Waals surface area (Å²) in [7, 11) is 0. The lowest BCUT2D eigenvalue weighted by Gasteiger charge is -2.38. The van der Waals surface area contributed by atoms with Gasteiger partial charge in [-0.1, -0.05) is 32.0 Å². The molecular weight excluding hydrogens is 266 g/mol. The van der Waals surface area contributed by atoms with Crippen LogP contribution in [0.2, 0.25) is 0 Å². The first-order chi connectivity index (χ1) is 10.0. The molecule has 4 nitrogen and oxygen atoms in total. The van der Waals surface area contributed by atoms with Gasteiger partial charge in [-0.2, -0.15) is 0 Å². The Hall–Kier alpha value is -1.84. The molecule has 3 rings (SSSR count). The smallest absolute Gasteiger partial charge is 0.339 e. The highest BCUT2D eigenvalue weighted by Gasteiger charge is 2.47. The maximum atomic E-state index is 12.1. The van der Waals surface area contributed by atoms with Gasteiger partial charge in [-0.3, -0.25) is 4.79 Å². The van der Waals surface area contributed by atoms with Gasteiger partial charge in [0.15, 0.2) is 0 Å². The number of likely N-dealkylation sites (tertiary alicyclic amines) is 1. The van der Waals surface area contributed by atoms with Crippen molar-refractivity contribution in [3.8, 4) is 0 Å². The molecule has 4 heteroatoms. The van der Waals surface area contributed by atoms with E-state index in [-0.39, 0.29) is 11.9 Å². The van der Waals surface area contributed by atoms with E-state index >= 15 is 0 Å². The molecule has 1 aromatic rings. The van der Waals surface area contributed by atoms with E-state index in [1.54, 1.807) is 0 Å². The molecule has 0 saturated carbocycles. The first kappa shape index (κ1) is 14.1. The van der Waals surface area contributed by atoms with Crippen LogP contribution in [0.3, 0.4) is 0 Å². The topological polar surface area (TPSA) is 46.6 Å². The predicted octanol–water partition coefficient (Wildman–Crippen LogP) is 2.72. The van der Waals surface area contributed by atoms with Gasteiger partial charge in [-0.05, 0) is 12.0 Å². The van der Waals surface area contributed by atoms with Gasteiger partial charge in [0, 0.05) is 37.9 Å². The Morgan fingerprint density at radius 2 is 1.95 bits per heavy atom. The SMILES string of the molecule is CC(C)CC(=O)N1CCC2(CC1)OC(=O)c1ccccc12. The van der Waals surface area contributed by atoms with Crippen molar-refractivity contribution in [3.63, 3.8) is 0 Å². The summed E-state index contributed by atoms with van der Waals surface area (Å²) in [5.41, 5.74) is 1.16. The van der Waals surface area contributed by atoms with Gasteiger partial charge in [-0.15, -0.1) is 0 Å². The van der Waals surface area contributed by atoms with Crippen LogP contribution in [-0.2, 0) is 15.1 Å². The molecule has 0 bridgehead atoms. The van der Waals surface area contributed by atoms with Gasteiger partial charge in [-0.25, -0.2) is 4.79 Å². The summed E-state index contributed by atoms with van der Waals surface area (Å²) in [5.74, 6) is 0.350. The van der Waals surface area contributed by atoms with Crippen LogP contribution in [0.5, 0.6) is 0 Å². The minimum absolute atomic E-state index is 0.206. The largest absolute Gasteiger partial charge is 0.450 e. The average Bonchev–Trinajstić information content (AvgIpc) is 2.72. The van der Waals surface area contributed by atoms with Crippen LogP contribution < -0.4 is 0 Å². The van der Waals surface area contributed by atoms with Crippen molar-refractivity contribution >= 4 is 11.9 Å². The summed E-state index contributed by atoms with van der Waals surface area (Å²) in [6, 6.07) is 7.60. The van der Waals surface area contributed by atoms with E-state index in [4.69, 9.17) is 4.74 Å². The number of ether oxygens (including phenoxy) is 1. The number of carbonyl (C=O) groups is 2. The lowest BCUT2D eigenvalue weighted by atomic mass is 9.83. The van der Waals surface area contributed by atoms with Gasteiger partial charge in [0.05, 0.1) is 5.56 Å². The monoisotopic (exact) mass is 287 g/mol. The van der Waals surface area contributed by atoms with Gasteiger partial charge in [0.25, 0.3) is 0 Å². The summed E-state index contributed by atoms with van der Waals surface area (Å²) in [6.45, 7) is 5.43. The molecule has 2 aliphatic heterocycles. The maximum absolute atomic E-state index is 12.1. The van der Waals surface area contributed by atoms with Gasteiger partial charge in [0.2, 0.25) is 5.91 Å². The van der Waals surface area contributed by atoms with Crippen molar-refractivity contribution in [2.75, 3.05) is 13.1 Å². The quantitative estimate of drug-likeness (QED) is 0.786. The molecule has 0 unspecified atom stereocenters. The second kappa shape index (κ2) is 5.17. The molecule has 1 amide bonds. The van der Waals surface area contributed by atoms with E-state index in [2.05, 4.69) is 13.8 Å². The predicted molar refractivity (Wildman–Crippen MR) is 78.8 cm³/mol. The Morgan fingerprint density at radius 3 is 2.62 bits per heavy atom. The molecule has 2 heterocycles. The van der Waals surface area contributed by atoms with E-state index in [9.17, 15) is 9.59 Å². The van der Waals surface area contributed by atoms with Crippen LogP contribution in [-0.4, -0.2) is 29.9 Å². The fourth-order valence-electron chi connectivity index (χ4n) is 3.31. The fourth-order valence-corrected chi connectivity index (χ4v) is 3.31. The Labute approximate surface area is 125 Å². The number of hydrogen-bond acceptors (Lipinski definition) is 3. The van der Waals surface area contributed by atoms with Crippen molar-refractivity contribution in [3.05, 3.63) is 35.4 Å². The number of carbonyl (C=O) groups excluding carboxylic acids is 2. The van der Waals surface area contributed by atoms with E-state index in [1.165, 1.54) is 0 Å². The van der Waals surface area contributed by atoms with Gasteiger partial charge < -0.3 is 9.64 Å². The molecule has 1 saturated heterocycles. The molecule has 2 aliphatic rings. The molecule has 0 atom stereocenters.